The van der Waals surface area contributed by atoms with Crippen molar-refractivity contribution in [2.45, 2.75) is 37.0 Å². The van der Waals surface area contributed by atoms with Crippen molar-refractivity contribution in [3.8, 4) is 11.5 Å². The largest absolute Gasteiger partial charge is 0.497 e. The zero-order valence-electron chi connectivity index (χ0n) is 15.1. The van der Waals surface area contributed by atoms with Gasteiger partial charge in [0.15, 0.2) is 0 Å². The number of amides is 1. The van der Waals surface area contributed by atoms with Gasteiger partial charge in [-0.05, 0) is 57.2 Å². The van der Waals surface area contributed by atoms with Crippen LogP contribution in [-0.2, 0) is 4.79 Å². The molecule has 0 unspecified atom stereocenters. The molecule has 0 bridgehead atoms. The van der Waals surface area contributed by atoms with E-state index in [1.165, 1.54) is 5.56 Å². The van der Waals surface area contributed by atoms with Crippen LogP contribution in [0, 0.1) is 6.92 Å². The second-order valence-electron chi connectivity index (χ2n) is 5.97. The quantitative estimate of drug-likeness (QED) is 0.722. The van der Waals surface area contributed by atoms with E-state index in [0.29, 0.717) is 6.61 Å². The number of thioether (sulfide) groups is 1. The van der Waals surface area contributed by atoms with E-state index in [1.807, 2.05) is 50.2 Å². The topological polar surface area (TPSA) is 47.6 Å². The predicted octanol–water partition coefficient (Wildman–Crippen LogP) is 4.07. The second kappa shape index (κ2) is 9.37. The summed E-state index contributed by atoms with van der Waals surface area (Å²) >= 11 is 1.55. The highest BCUT2D eigenvalue weighted by Crippen LogP contribution is 2.23. The summed E-state index contributed by atoms with van der Waals surface area (Å²) in [5.74, 6) is 1.55. The van der Waals surface area contributed by atoms with E-state index in [1.54, 1.807) is 18.9 Å². The van der Waals surface area contributed by atoms with Crippen LogP contribution in [0.3, 0.4) is 0 Å². The molecule has 0 fully saturated rings. The molecule has 0 heterocycles. The summed E-state index contributed by atoms with van der Waals surface area (Å²) in [5.41, 5.74) is 1.21. The van der Waals surface area contributed by atoms with Crippen molar-refractivity contribution in [3.63, 3.8) is 0 Å². The Bertz CT molecular complexity index is 670. The maximum Gasteiger partial charge on any atom is 0.233 e. The van der Waals surface area contributed by atoms with Crippen LogP contribution in [0.15, 0.2) is 53.4 Å². The lowest BCUT2D eigenvalue weighted by molar-refractivity contribution is -0.121. The smallest absolute Gasteiger partial charge is 0.233 e. The fraction of sp³-hybridized carbons (Fsp3) is 0.350. The van der Waals surface area contributed by atoms with Crippen molar-refractivity contribution in [2.24, 2.45) is 0 Å². The van der Waals surface area contributed by atoms with Gasteiger partial charge >= 0.3 is 0 Å². The number of hydrogen-bond donors (Lipinski definition) is 1. The number of carbonyl (C=O) groups is 1. The Morgan fingerprint density at radius 1 is 1.04 bits per heavy atom. The first-order chi connectivity index (χ1) is 12.0. The minimum Gasteiger partial charge on any atom is -0.497 e. The highest BCUT2D eigenvalue weighted by molar-refractivity contribution is 8.00. The fourth-order valence-electron chi connectivity index (χ4n) is 2.17. The number of ether oxygens (including phenoxy) is 2. The summed E-state index contributed by atoms with van der Waals surface area (Å²) in [6.45, 7) is 6.32. The first kappa shape index (κ1) is 19.2. The third kappa shape index (κ3) is 6.35. The summed E-state index contributed by atoms with van der Waals surface area (Å²) in [5, 5.41) is 2.83. The van der Waals surface area contributed by atoms with Crippen LogP contribution in [0.5, 0.6) is 11.5 Å². The first-order valence-corrected chi connectivity index (χ1v) is 9.16. The van der Waals surface area contributed by atoms with Gasteiger partial charge < -0.3 is 14.8 Å². The molecule has 5 heteroatoms. The Morgan fingerprint density at radius 2 is 1.64 bits per heavy atom. The van der Waals surface area contributed by atoms with Crippen molar-refractivity contribution in [2.75, 3.05) is 13.7 Å². The van der Waals surface area contributed by atoms with Gasteiger partial charge in [-0.15, -0.1) is 11.8 Å². The summed E-state index contributed by atoms with van der Waals surface area (Å²) in [6.07, 6.45) is 0. The minimum absolute atomic E-state index is 0.0106. The molecule has 1 N–H and O–H groups in total. The van der Waals surface area contributed by atoms with Crippen molar-refractivity contribution in [1.29, 1.82) is 0 Å². The second-order valence-corrected chi connectivity index (χ2v) is 7.38. The van der Waals surface area contributed by atoms with Gasteiger partial charge in [0.05, 0.1) is 18.4 Å². The Morgan fingerprint density at radius 3 is 2.24 bits per heavy atom. The number of methoxy groups -OCH3 is 1. The summed E-state index contributed by atoms with van der Waals surface area (Å²) in [4.78, 5) is 13.4. The monoisotopic (exact) mass is 359 g/mol. The molecule has 0 aliphatic heterocycles. The van der Waals surface area contributed by atoms with E-state index in [9.17, 15) is 4.79 Å². The maximum atomic E-state index is 12.3. The highest BCUT2D eigenvalue weighted by Gasteiger charge is 2.16. The molecule has 0 saturated heterocycles. The van der Waals surface area contributed by atoms with E-state index >= 15 is 0 Å². The molecule has 2 aromatic carbocycles. The van der Waals surface area contributed by atoms with Crippen LogP contribution < -0.4 is 14.8 Å². The molecule has 2 atom stereocenters. The molecular weight excluding hydrogens is 334 g/mol. The maximum absolute atomic E-state index is 12.3. The normalized spacial score (nSPS) is 13.0. The molecule has 2 rings (SSSR count). The molecule has 134 valence electrons. The fourth-order valence-corrected chi connectivity index (χ4v) is 3.05. The van der Waals surface area contributed by atoms with E-state index in [2.05, 4.69) is 24.4 Å². The van der Waals surface area contributed by atoms with Crippen LogP contribution in [0.4, 0.5) is 0 Å². The number of hydrogen-bond acceptors (Lipinski definition) is 4. The van der Waals surface area contributed by atoms with Gasteiger partial charge in [0.25, 0.3) is 0 Å². The molecule has 25 heavy (non-hydrogen) atoms. The average Bonchev–Trinajstić information content (AvgIpc) is 2.62. The standard InChI is InChI=1S/C20H25NO3S/c1-14-5-11-19(12-6-14)25-16(3)20(22)21-15(2)13-24-18-9-7-17(23-4)8-10-18/h5-12,15-16H,13H2,1-4H3,(H,21,22)/t15-,16-/m0/s1. The van der Waals surface area contributed by atoms with Gasteiger partial charge in [-0.2, -0.15) is 0 Å². The van der Waals surface area contributed by atoms with Crippen LogP contribution >= 0.6 is 11.8 Å². The zero-order chi connectivity index (χ0) is 18.2. The van der Waals surface area contributed by atoms with E-state index in [4.69, 9.17) is 9.47 Å². The number of rotatable bonds is 8. The van der Waals surface area contributed by atoms with Gasteiger partial charge in [-0.25, -0.2) is 0 Å². The van der Waals surface area contributed by atoms with Gasteiger partial charge in [-0.3, -0.25) is 4.79 Å². The van der Waals surface area contributed by atoms with Gasteiger partial charge in [-0.1, -0.05) is 17.7 Å². The minimum atomic E-state index is -0.161. The zero-order valence-corrected chi connectivity index (χ0v) is 15.9. The van der Waals surface area contributed by atoms with E-state index in [-0.39, 0.29) is 17.2 Å². The van der Waals surface area contributed by atoms with Crippen LogP contribution in [-0.4, -0.2) is 30.9 Å². The third-order valence-electron chi connectivity index (χ3n) is 3.65. The number of benzene rings is 2. The molecule has 0 aliphatic carbocycles. The molecule has 0 aliphatic rings. The van der Waals surface area contributed by atoms with Crippen molar-refractivity contribution in [1.82, 2.24) is 5.32 Å². The predicted molar refractivity (Wildman–Crippen MR) is 103 cm³/mol. The van der Waals surface area contributed by atoms with Crippen LogP contribution in [0.1, 0.15) is 19.4 Å². The SMILES string of the molecule is COc1ccc(OC[C@H](C)NC(=O)[C@H](C)Sc2ccc(C)cc2)cc1. The molecule has 0 spiro atoms. The lowest BCUT2D eigenvalue weighted by atomic mass is 10.2. The number of nitrogens with one attached hydrogen (secondary N) is 1. The highest BCUT2D eigenvalue weighted by atomic mass is 32.2. The molecule has 0 saturated carbocycles. The Labute approximate surface area is 153 Å². The average molecular weight is 359 g/mol. The number of carbonyl (C=O) groups excluding carboxylic acids is 1. The Balaban J connectivity index is 1.77. The van der Waals surface area contributed by atoms with E-state index in [0.717, 1.165) is 16.4 Å². The molecular formula is C20H25NO3S. The van der Waals surface area contributed by atoms with Crippen molar-refractivity contribution < 1.29 is 14.3 Å². The third-order valence-corrected chi connectivity index (χ3v) is 4.76. The molecule has 4 nitrogen and oxygen atoms in total. The summed E-state index contributed by atoms with van der Waals surface area (Å²) in [6, 6.07) is 15.5. The van der Waals surface area contributed by atoms with Crippen molar-refractivity contribution in [3.05, 3.63) is 54.1 Å². The lowest BCUT2D eigenvalue weighted by Crippen LogP contribution is -2.40. The molecule has 0 aromatic heterocycles. The van der Waals surface area contributed by atoms with E-state index < -0.39 is 0 Å². The first-order valence-electron chi connectivity index (χ1n) is 8.28. The van der Waals surface area contributed by atoms with Crippen LogP contribution in [0.25, 0.3) is 0 Å². The summed E-state index contributed by atoms with van der Waals surface area (Å²) < 4.78 is 10.8. The molecule has 0 radical (unpaired) electrons. The molecule has 2 aromatic rings. The van der Waals surface area contributed by atoms with Crippen molar-refractivity contribution >= 4 is 17.7 Å². The van der Waals surface area contributed by atoms with Gasteiger partial charge in [0.2, 0.25) is 5.91 Å². The van der Waals surface area contributed by atoms with Crippen LogP contribution in [0.2, 0.25) is 0 Å². The summed E-state index contributed by atoms with van der Waals surface area (Å²) in [7, 11) is 1.63. The Kier molecular flexibility index (Phi) is 7.19. The number of aryl methyl sites for hydroxylation is 1. The Hall–Kier alpha value is -2.14. The lowest BCUT2D eigenvalue weighted by Gasteiger charge is -2.18. The van der Waals surface area contributed by atoms with Gasteiger partial charge in [0, 0.05) is 4.90 Å². The van der Waals surface area contributed by atoms with Gasteiger partial charge in [0.1, 0.15) is 18.1 Å². The molecule has 1 amide bonds.